The summed E-state index contributed by atoms with van der Waals surface area (Å²) in [6.07, 6.45) is 5.08. The Labute approximate surface area is 175 Å². The summed E-state index contributed by atoms with van der Waals surface area (Å²) < 4.78 is 0. The number of nitrogens with one attached hydrogen (secondary N) is 2. The first kappa shape index (κ1) is 21.8. The van der Waals surface area contributed by atoms with Crippen LogP contribution in [-0.2, 0) is 19.2 Å². The molecule has 1 aromatic rings. The van der Waals surface area contributed by atoms with E-state index in [2.05, 4.69) is 10.6 Å². The fourth-order valence-electron chi connectivity index (χ4n) is 4.56. The molecule has 1 aromatic carbocycles. The predicted octanol–water partition coefficient (Wildman–Crippen LogP) is 0.676. The summed E-state index contributed by atoms with van der Waals surface area (Å²) in [4.78, 5) is 47.6. The summed E-state index contributed by atoms with van der Waals surface area (Å²) in [5, 5.41) is 28.1. The van der Waals surface area contributed by atoms with Gasteiger partial charge in [0.2, 0.25) is 11.8 Å². The van der Waals surface area contributed by atoms with E-state index < -0.39 is 35.6 Å². The highest BCUT2D eigenvalue weighted by Crippen LogP contribution is 2.32. The lowest BCUT2D eigenvalue weighted by Crippen LogP contribution is -2.42. The van der Waals surface area contributed by atoms with Gasteiger partial charge in [-0.1, -0.05) is 25.7 Å². The second kappa shape index (κ2) is 9.73. The number of hydrogen-bond donors (Lipinski definition) is 2. The van der Waals surface area contributed by atoms with Gasteiger partial charge in [-0.3, -0.25) is 9.59 Å². The Bertz CT molecular complexity index is 739. The third kappa shape index (κ3) is 5.17. The van der Waals surface area contributed by atoms with Crippen LogP contribution in [-0.4, -0.2) is 23.8 Å². The van der Waals surface area contributed by atoms with Crippen LogP contribution in [0.15, 0.2) is 24.3 Å². The normalized spacial score (nSPS) is 26.4. The largest absolute Gasteiger partial charge is 0.550 e. The van der Waals surface area contributed by atoms with Crippen LogP contribution in [0.4, 0.5) is 11.4 Å². The van der Waals surface area contributed by atoms with Gasteiger partial charge in [0.15, 0.2) is 0 Å². The Balaban J connectivity index is 1.59. The summed E-state index contributed by atoms with van der Waals surface area (Å²) in [5.41, 5.74) is 0.983. The molecule has 2 N–H and O–H groups in total. The van der Waals surface area contributed by atoms with E-state index >= 15 is 0 Å². The minimum atomic E-state index is -1.19. The molecule has 8 heteroatoms. The van der Waals surface area contributed by atoms with Crippen LogP contribution in [0.1, 0.15) is 51.4 Å². The molecule has 0 spiro atoms. The number of benzene rings is 1. The summed E-state index contributed by atoms with van der Waals surface area (Å²) in [5.74, 6) is -5.85. The van der Waals surface area contributed by atoms with Gasteiger partial charge in [-0.05, 0) is 49.9 Å². The molecule has 8 nitrogen and oxygen atoms in total. The van der Waals surface area contributed by atoms with E-state index in [0.717, 1.165) is 25.7 Å². The summed E-state index contributed by atoms with van der Waals surface area (Å²) in [7, 11) is 0. The van der Waals surface area contributed by atoms with Gasteiger partial charge in [0.25, 0.3) is 0 Å². The van der Waals surface area contributed by atoms with Gasteiger partial charge in [-0.2, -0.15) is 0 Å². The van der Waals surface area contributed by atoms with Crippen molar-refractivity contribution >= 4 is 35.1 Å². The standard InChI is InChI=1S/C22H28N2O6/c25-19(15-5-1-3-7-17(15)21(27)28)23-13-9-11-14(12-10-13)24-20(26)16-6-2-4-8-18(16)22(29)30/h9-12,15-18H,1-8H2,(H,23,25)(H,24,26)(H,27,28)(H,29,30)/p-2/t15-,16+,17-,18-/m0/s1. The molecule has 2 saturated carbocycles. The lowest BCUT2D eigenvalue weighted by molar-refractivity contribution is -0.315. The maximum atomic E-state index is 12.5. The van der Waals surface area contributed by atoms with Crippen molar-refractivity contribution in [1.82, 2.24) is 0 Å². The van der Waals surface area contributed by atoms with Gasteiger partial charge in [-0.25, -0.2) is 0 Å². The molecular formula is C22H26N2O6-2. The number of amides is 2. The van der Waals surface area contributed by atoms with Crippen LogP contribution < -0.4 is 20.8 Å². The highest BCUT2D eigenvalue weighted by Gasteiger charge is 2.33. The molecule has 2 fully saturated rings. The molecule has 0 unspecified atom stereocenters. The minimum Gasteiger partial charge on any atom is -0.550 e. The highest BCUT2D eigenvalue weighted by atomic mass is 16.4. The second-order valence-electron chi connectivity index (χ2n) is 8.19. The summed E-state index contributed by atoms with van der Waals surface area (Å²) in [6.45, 7) is 0. The zero-order valence-corrected chi connectivity index (χ0v) is 16.7. The van der Waals surface area contributed by atoms with Gasteiger partial charge in [0.1, 0.15) is 0 Å². The molecule has 3 rings (SSSR count). The van der Waals surface area contributed by atoms with E-state index in [-0.39, 0.29) is 11.8 Å². The molecule has 0 bridgehead atoms. The highest BCUT2D eigenvalue weighted by molar-refractivity contribution is 5.97. The van der Waals surface area contributed by atoms with Crippen molar-refractivity contribution in [3.8, 4) is 0 Å². The topological polar surface area (TPSA) is 138 Å². The number of hydrogen-bond acceptors (Lipinski definition) is 6. The molecule has 0 aromatic heterocycles. The van der Waals surface area contributed by atoms with Crippen molar-refractivity contribution in [2.75, 3.05) is 10.6 Å². The Morgan fingerprint density at radius 1 is 0.600 bits per heavy atom. The Morgan fingerprint density at radius 2 is 0.900 bits per heavy atom. The first-order chi connectivity index (χ1) is 14.4. The van der Waals surface area contributed by atoms with Crippen molar-refractivity contribution < 1.29 is 29.4 Å². The second-order valence-corrected chi connectivity index (χ2v) is 8.19. The quantitative estimate of drug-likeness (QED) is 0.702. The molecule has 2 amide bonds. The lowest BCUT2D eigenvalue weighted by atomic mass is 9.78. The van der Waals surface area contributed by atoms with Crippen LogP contribution in [0, 0.1) is 23.7 Å². The third-order valence-corrected chi connectivity index (χ3v) is 6.23. The maximum absolute atomic E-state index is 12.5. The van der Waals surface area contributed by atoms with Gasteiger partial charge >= 0.3 is 0 Å². The fraction of sp³-hybridized carbons (Fsp3) is 0.545. The number of aliphatic carboxylic acids is 2. The summed E-state index contributed by atoms with van der Waals surface area (Å²) >= 11 is 0. The van der Waals surface area contributed by atoms with Crippen molar-refractivity contribution in [3.05, 3.63) is 24.3 Å². The average molecular weight is 414 g/mol. The number of carboxylic acid groups (broad SMARTS) is 2. The molecule has 2 aliphatic carbocycles. The first-order valence-electron chi connectivity index (χ1n) is 10.5. The zero-order valence-electron chi connectivity index (χ0n) is 16.7. The van der Waals surface area contributed by atoms with E-state index in [9.17, 15) is 29.4 Å². The summed E-state index contributed by atoms with van der Waals surface area (Å²) in [6, 6.07) is 6.45. The number of carbonyl (C=O) groups excluding carboxylic acids is 4. The molecular weight excluding hydrogens is 388 g/mol. The van der Waals surface area contributed by atoms with E-state index in [1.807, 2.05) is 0 Å². The van der Waals surface area contributed by atoms with E-state index in [0.29, 0.717) is 37.1 Å². The van der Waals surface area contributed by atoms with Crippen LogP contribution in [0.25, 0.3) is 0 Å². The zero-order chi connectivity index (χ0) is 21.7. The minimum absolute atomic E-state index is 0.348. The molecule has 4 atom stereocenters. The van der Waals surface area contributed by atoms with Crippen LogP contribution in [0.2, 0.25) is 0 Å². The predicted molar refractivity (Wildman–Crippen MR) is 105 cm³/mol. The maximum Gasteiger partial charge on any atom is 0.228 e. The third-order valence-electron chi connectivity index (χ3n) is 6.23. The molecule has 0 aliphatic heterocycles. The lowest BCUT2D eigenvalue weighted by Gasteiger charge is -2.31. The number of anilines is 2. The monoisotopic (exact) mass is 414 g/mol. The van der Waals surface area contributed by atoms with Gasteiger partial charge in [0.05, 0.1) is 0 Å². The number of carbonyl (C=O) groups is 4. The van der Waals surface area contributed by atoms with Crippen molar-refractivity contribution in [2.24, 2.45) is 23.7 Å². The van der Waals surface area contributed by atoms with Crippen molar-refractivity contribution in [1.29, 1.82) is 0 Å². The number of carboxylic acids is 2. The Kier molecular flexibility index (Phi) is 7.07. The van der Waals surface area contributed by atoms with Crippen LogP contribution >= 0.6 is 0 Å². The number of rotatable bonds is 6. The molecule has 162 valence electrons. The van der Waals surface area contributed by atoms with Gasteiger partial charge in [0, 0.05) is 47.0 Å². The van der Waals surface area contributed by atoms with Crippen molar-refractivity contribution in [2.45, 2.75) is 51.4 Å². The van der Waals surface area contributed by atoms with Crippen LogP contribution in [0.3, 0.4) is 0 Å². The smallest absolute Gasteiger partial charge is 0.228 e. The van der Waals surface area contributed by atoms with E-state index in [1.165, 1.54) is 0 Å². The first-order valence-corrected chi connectivity index (χ1v) is 10.5. The van der Waals surface area contributed by atoms with Crippen molar-refractivity contribution in [3.63, 3.8) is 0 Å². The van der Waals surface area contributed by atoms with E-state index in [1.54, 1.807) is 24.3 Å². The Hall–Kier alpha value is -2.90. The average Bonchev–Trinajstić information content (AvgIpc) is 2.75. The van der Waals surface area contributed by atoms with Crippen LogP contribution in [0.5, 0.6) is 0 Å². The molecule has 30 heavy (non-hydrogen) atoms. The molecule has 0 radical (unpaired) electrons. The Morgan fingerprint density at radius 3 is 1.20 bits per heavy atom. The SMILES string of the molecule is O=C([O-])[C@H]1CCCC[C@@H]1C(=O)Nc1ccc(NC(=O)[C@@H]2CCCC[C@@H]2C(=O)[O-])cc1. The fourth-order valence-corrected chi connectivity index (χ4v) is 4.56. The molecule has 0 saturated heterocycles. The van der Waals surface area contributed by atoms with Gasteiger partial charge < -0.3 is 30.4 Å². The van der Waals surface area contributed by atoms with Gasteiger partial charge in [-0.15, -0.1) is 0 Å². The molecule has 2 aliphatic rings. The molecule has 0 heterocycles. The van der Waals surface area contributed by atoms with E-state index in [4.69, 9.17) is 0 Å².